The van der Waals surface area contributed by atoms with E-state index in [1.54, 1.807) is 53.7 Å². The fraction of sp³-hybridized carbons (Fsp3) is 0.467. The van der Waals surface area contributed by atoms with Crippen LogP contribution < -0.4 is 9.47 Å². The van der Waals surface area contributed by atoms with Crippen LogP contribution in [0.15, 0.2) is 49.1 Å². The Hall–Kier alpha value is -3.48. The molecule has 0 heterocycles. The Bertz CT molecular complexity index is 1140. The molecule has 0 bridgehead atoms. The summed E-state index contributed by atoms with van der Waals surface area (Å²) < 4.78 is 28.0. The van der Waals surface area contributed by atoms with Gasteiger partial charge in [0.15, 0.2) is 0 Å². The molecule has 0 unspecified atom stereocenters. The second kappa shape index (κ2) is 11.3. The molecule has 2 aromatic rings. The summed E-state index contributed by atoms with van der Waals surface area (Å²) in [4.78, 5) is 25.0. The number of carbonyl (C=O) groups is 2. The second-order valence-electron chi connectivity index (χ2n) is 11.2. The number of rotatable bonds is 6. The highest BCUT2D eigenvalue weighted by molar-refractivity contribution is 5.65. The maximum absolute atomic E-state index is 12.7. The topological polar surface area (TPSA) is 80.3 Å². The maximum Gasteiger partial charge on any atom is 0.514 e. The summed E-state index contributed by atoms with van der Waals surface area (Å²) in [6.45, 7) is 16.7. The summed E-state index contributed by atoms with van der Waals surface area (Å²) in [5.41, 5.74) is 2.53. The highest BCUT2D eigenvalue weighted by Gasteiger charge is 2.35. The van der Waals surface area contributed by atoms with E-state index in [9.17, 15) is 9.59 Å². The molecular weight excluding hydrogens is 472 g/mol. The van der Waals surface area contributed by atoms with Gasteiger partial charge in [0.05, 0.1) is 0 Å². The minimum absolute atomic E-state index is 0.197. The molecule has 0 saturated carbocycles. The zero-order valence-corrected chi connectivity index (χ0v) is 22.9. The van der Waals surface area contributed by atoms with Gasteiger partial charge in [-0.15, -0.1) is 0 Å². The molecular formula is C30H38O7. The number of ether oxygens (including phenoxy) is 5. The number of fused-ring (bicyclic) bond motifs is 1. The lowest BCUT2D eigenvalue weighted by Crippen LogP contribution is -2.35. The molecule has 0 aromatic heterocycles. The van der Waals surface area contributed by atoms with E-state index in [1.807, 2.05) is 37.3 Å². The van der Waals surface area contributed by atoms with Crippen molar-refractivity contribution in [1.82, 2.24) is 0 Å². The van der Waals surface area contributed by atoms with Crippen LogP contribution in [0.3, 0.4) is 0 Å². The van der Waals surface area contributed by atoms with Gasteiger partial charge < -0.3 is 23.7 Å². The second-order valence-corrected chi connectivity index (χ2v) is 11.2. The monoisotopic (exact) mass is 510 g/mol. The van der Waals surface area contributed by atoms with Gasteiger partial charge >= 0.3 is 12.3 Å². The molecule has 37 heavy (non-hydrogen) atoms. The van der Waals surface area contributed by atoms with Gasteiger partial charge in [0.1, 0.15) is 35.4 Å². The average Bonchev–Trinajstić information content (AvgIpc) is 2.76. The Balaban J connectivity index is 1.95. The summed E-state index contributed by atoms with van der Waals surface area (Å²) in [7, 11) is 0. The van der Waals surface area contributed by atoms with Crippen LogP contribution in [0, 0.1) is 6.92 Å². The Morgan fingerprint density at radius 3 is 2.27 bits per heavy atom. The number of hydrogen-bond acceptors (Lipinski definition) is 7. The first-order valence-electron chi connectivity index (χ1n) is 12.5. The van der Waals surface area contributed by atoms with Gasteiger partial charge in [-0.25, -0.2) is 9.59 Å². The van der Waals surface area contributed by atoms with Crippen LogP contribution >= 0.6 is 0 Å². The molecule has 0 fully saturated rings. The van der Waals surface area contributed by atoms with Crippen LogP contribution in [0.25, 0.3) is 0 Å². The van der Waals surface area contributed by atoms with Crippen molar-refractivity contribution in [2.45, 2.75) is 84.5 Å². The van der Waals surface area contributed by atoms with Crippen molar-refractivity contribution < 1.29 is 33.3 Å². The van der Waals surface area contributed by atoms with Crippen molar-refractivity contribution >= 4 is 12.3 Å². The van der Waals surface area contributed by atoms with E-state index in [-0.39, 0.29) is 5.92 Å². The first kappa shape index (κ1) is 28.1. The first-order chi connectivity index (χ1) is 17.3. The van der Waals surface area contributed by atoms with Gasteiger partial charge in [0, 0.05) is 12.3 Å². The van der Waals surface area contributed by atoms with Gasteiger partial charge in [-0.2, -0.15) is 0 Å². The van der Waals surface area contributed by atoms with E-state index in [1.165, 1.54) is 0 Å². The molecule has 2 aromatic carbocycles. The lowest BCUT2D eigenvalue weighted by atomic mass is 9.76. The number of hydrogen-bond donors (Lipinski definition) is 0. The molecule has 0 spiro atoms. The normalized spacial score (nSPS) is 17.3. The quantitative estimate of drug-likeness (QED) is 0.233. The van der Waals surface area contributed by atoms with E-state index in [0.29, 0.717) is 25.2 Å². The van der Waals surface area contributed by atoms with E-state index < -0.39 is 29.6 Å². The highest BCUT2D eigenvalue weighted by Crippen LogP contribution is 2.39. The van der Waals surface area contributed by atoms with Crippen molar-refractivity contribution in [2.24, 2.45) is 0 Å². The van der Waals surface area contributed by atoms with Gasteiger partial charge in [-0.05, 0) is 95.3 Å². The Kier molecular flexibility index (Phi) is 8.57. The third-order valence-corrected chi connectivity index (χ3v) is 5.80. The highest BCUT2D eigenvalue weighted by atomic mass is 16.7. The maximum atomic E-state index is 12.7. The number of carbonyl (C=O) groups excluding carboxylic acids is 2. The van der Waals surface area contributed by atoms with Crippen molar-refractivity contribution in [3.8, 4) is 11.5 Å². The third kappa shape index (κ3) is 8.00. The molecule has 0 amide bonds. The zero-order valence-electron chi connectivity index (χ0n) is 22.9. The minimum Gasteiger partial charge on any atom is -0.490 e. The molecule has 200 valence electrons. The van der Waals surface area contributed by atoms with E-state index in [0.717, 1.165) is 28.0 Å². The SMILES string of the molecule is C=CCOc1ccc2c(c1)C[C@H](c1cccc(OC(=O)OC(C)(C)C)c1C)[C@@H](OC(=O)OC(C)(C)C)C2. The fourth-order valence-electron chi connectivity index (χ4n) is 4.30. The van der Waals surface area contributed by atoms with Gasteiger partial charge in [-0.3, -0.25) is 0 Å². The Morgan fingerprint density at radius 2 is 1.62 bits per heavy atom. The summed E-state index contributed by atoms with van der Waals surface area (Å²) in [5, 5.41) is 0. The Labute approximate surface area is 219 Å². The van der Waals surface area contributed by atoms with Crippen LogP contribution in [0.4, 0.5) is 9.59 Å². The van der Waals surface area contributed by atoms with Crippen LogP contribution in [0.1, 0.15) is 69.7 Å². The molecule has 0 saturated heterocycles. The van der Waals surface area contributed by atoms with Crippen molar-refractivity contribution in [1.29, 1.82) is 0 Å². The standard InChI is InChI=1S/C30H38O7/c1-9-15-33-22-14-13-20-18-26(35-28(32)37-30(6,7)8)24(17-21(20)16-22)23-11-10-12-25(19(23)2)34-27(31)36-29(3,4)5/h9-14,16,24,26H,1,15,17-18H2,2-8H3/t24-,26+/m1/s1. The van der Waals surface area contributed by atoms with Crippen molar-refractivity contribution in [3.05, 3.63) is 71.3 Å². The third-order valence-electron chi connectivity index (χ3n) is 5.80. The van der Waals surface area contributed by atoms with Crippen LogP contribution in [-0.2, 0) is 27.1 Å². The first-order valence-corrected chi connectivity index (χ1v) is 12.5. The molecule has 0 aliphatic heterocycles. The van der Waals surface area contributed by atoms with Crippen LogP contribution in [-0.4, -0.2) is 36.2 Å². The summed E-state index contributed by atoms with van der Waals surface area (Å²) >= 11 is 0. The van der Waals surface area contributed by atoms with E-state index in [2.05, 4.69) is 6.58 Å². The molecule has 1 aliphatic carbocycles. The van der Waals surface area contributed by atoms with Gasteiger partial charge in [-0.1, -0.05) is 30.9 Å². The largest absolute Gasteiger partial charge is 0.514 e. The molecule has 1 aliphatic rings. The lowest BCUT2D eigenvalue weighted by Gasteiger charge is -2.34. The van der Waals surface area contributed by atoms with Crippen molar-refractivity contribution in [3.63, 3.8) is 0 Å². The Morgan fingerprint density at radius 1 is 0.946 bits per heavy atom. The van der Waals surface area contributed by atoms with Crippen LogP contribution in [0.2, 0.25) is 0 Å². The summed E-state index contributed by atoms with van der Waals surface area (Å²) in [6.07, 6.45) is 0.857. The molecule has 0 N–H and O–H groups in total. The van der Waals surface area contributed by atoms with Gasteiger partial charge in [0.2, 0.25) is 0 Å². The molecule has 2 atom stereocenters. The smallest absolute Gasteiger partial charge is 0.490 e. The van der Waals surface area contributed by atoms with Crippen molar-refractivity contribution in [2.75, 3.05) is 6.61 Å². The minimum atomic E-state index is -0.771. The van der Waals surface area contributed by atoms with Crippen LogP contribution in [0.5, 0.6) is 11.5 Å². The average molecular weight is 511 g/mol. The fourth-order valence-corrected chi connectivity index (χ4v) is 4.30. The van der Waals surface area contributed by atoms with E-state index in [4.69, 9.17) is 23.7 Å². The predicted molar refractivity (Wildman–Crippen MR) is 141 cm³/mol. The molecule has 0 radical (unpaired) electrons. The summed E-state index contributed by atoms with van der Waals surface area (Å²) in [6, 6.07) is 11.5. The number of benzene rings is 2. The molecule has 7 heteroatoms. The predicted octanol–water partition coefficient (Wildman–Crippen LogP) is 7.08. The molecule has 3 rings (SSSR count). The summed E-state index contributed by atoms with van der Waals surface area (Å²) in [5.74, 6) is 0.955. The lowest BCUT2D eigenvalue weighted by molar-refractivity contribution is -0.0334. The zero-order chi connectivity index (χ0) is 27.4. The molecule has 7 nitrogen and oxygen atoms in total. The van der Waals surface area contributed by atoms with Gasteiger partial charge in [0.25, 0.3) is 0 Å². The van der Waals surface area contributed by atoms with E-state index >= 15 is 0 Å².